The average Bonchev–Trinajstić information content (AvgIpc) is 2.76. The van der Waals surface area contributed by atoms with Gasteiger partial charge >= 0.3 is 6.09 Å². The molecule has 6 heteroatoms. The summed E-state index contributed by atoms with van der Waals surface area (Å²) in [5.41, 5.74) is 3.44. The summed E-state index contributed by atoms with van der Waals surface area (Å²) in [6.45, 7) is 13.1. The van der Waals surface area contributed by atoms with Crippen LogP contribution < -0.4 is 0 Å². The first kappa shape index (κ1) is 17.3. The van der Waals surface area contributed by atoms with E-state index >= 15 is 0 Å². The van der Waals surface area contributed by atoms with Gasteiger partial charge < -0.3 is 14.0 Å². The molecule has 3 rings (SSSR count). The van der Waals surface area contributed by atoms with Crippen molar-refractivity contribution >= 4 is 27.7 Å². The summed E-state index contributed by atoms with van der Waals surface area (Å²) in [5.74, 6) is 0. The molecule has 0 N–H and O–H groups in total. The van der Waals surface area contributed by atoms with E-state index in [0.717, 1.165) is 27.1 Å². The quantitative estimate of drug-likeness (QED) is 0.664. The summed E-state index contributed by atoms with van der Waals surface area (Å²) in [5, 5.41) is 0. The number of pyridine rings is 1. The van der Waals surface area contributed by atoms with Crippen LogP contribution in [-0.4, -0.2) is 32.5 Å². The monoisotopic (exact) mass is 393 g/mol. The van der Waals surface area contributed by atoms with Crippen molar-refractivity contribution < 1.29 is 9.53 Å². The van der Waals surface area contributed by atoms with Gasteiger partial charge in [-0.2, -0.15) is 0 Å². The Balaban J connectivity index is 2.07. The summed E-state index contributed by atoms with van der Waals surface area (Å²) in [6, 6.07) is 2.06. The van der Waals surface area contributed by atoms with Crippen LogP contribution in [0.2, 0.25) is 0 Å². The normalized spacial score (nSPS) is 17.0. The number of aryl methyl sites for hydroxylation is 1. The number of carbonyl (C=O) groups is 1. The topological polar surface area (TPSA) is 46.8 Å². The lowest BCUT2D eigenvalue weighted by Crippen LogP contribution is -2.47. The number of halogens is 1. The second-order valence-electron chi connectivity index (χ2n) is 8.16. The third-order valence-corrected chi connectivity index (χ3v) is 4.62. The smallest absolute Gasteiger partial charge is 0.410 e. The average molecular weight is 394 g/mol. The van der Waals surface area contributed by atoms with Crippen molar-refractivity contribution in [3.05, 3.63) is 33.7 Å². The Morgan fingerprint density at radius 2 is 2.04 bits per heavy atom. The Kier molecular flexibility index (Phi) is 3.94. The zero-order valence-corrected chi connectivity index (χ0v) is 16.7. The summed E-state index contributed by atoms with van der Waals surface area (Å²) in [6.07, 6.45) is 1.74. The summed E-state index contributed by atoms with van der Waals surface area (Å²) in [7, 11) is 0. The van der Waals surface area contributed by atoms with Gasteiger partial charge in [0.05, 0.1) is 17.9 Å². The third kappa shape index (κ3) is 3.04. The summed E-state index contributed by atoms with van der Waals surface area (Å²) >= 11 is 3.55. The number of fused-ring (bicyclic) bond motifs is 3. The highest BCUT2D eigenvalue weighted by Crippen LogP contribution is 2.35. The first-order valence-corrected chi connectivity index (χ1v) is 8.93. The number of ether oxygens (including phenoxy) is 1. The van der Waals surface area contributed by atoms with Gasteiger partial charge in [0, 0.05) is 22.6 Å². The third-order valence-electron chi connectivity index (χ3n) is 4.19. The molecule has 0 aromatic carbocycles. The first-order chi connectivity index (χ1) is 11.0. The van der Waals surface area contributed by atoms with E-state index in [1.54, 1.807) is 4.90 Å². The predicted molar refractivity (Wildman–Crippen MR) is 97.3 cm³/mol. The maximum atomic E-state index is 12.6. The van der Waals surface area contributed by atoms with Crippen LogP contribution in [0.4, 0.5) is 4.79 Å². The Hall–Kier alpha value is -1.56. The van der Waals surface area contributed by atoms with Gasteiger partial charge in [-0.15, -0.1) is 0 Å². The predicted octanol–water partition coefficient (Wildman–Crippen LogP) is 4.43. The highest BCUT2D eigenvalue weighted by atomic mass is 79.9. The van der Waals surface area contributed by atoms with Crippen LogP contribution in [0, 0.1) is 6.92 Å². The van der Waals surface area contributed by atoms with Crippen molar-refractivity contribution in [2.75, 3.05) is 6.54 Å². The standard InChI is InChI=1S/C18H24BrN3O2/c1-11-7-12(19)8-22-13-9-21(16(23)24-17(2,3)4)10-18(5,6)14(13)20-15(11)22/h7-8H,9-10H2,1-6H3. The van der Waals surface area contributed by atoms with Crippen molar-refractivity contribution in [2.24, 2.45) is 0 Å². The van der Waals surface area contributed by atoms with Crippen LogP contribution in [0.3, 0.4) is 0 Å². The minimum absolute atomic E-state index is 0.227. The molecule has 3 heterocycles. The maximum absolute atomic E-state index is 12.6. The van der Waals surface area contributed by atoms with Gasteiger partial charge in [0.15, 0.2) is 0 Å². The van der Waals surface area contributed by atoms with Crippen LogP contribution in [0.5, 0.6) is 0 Å². The Morgan fingerprint density at radius 3 is 2.67 bits per heavy atom. The lowest BCUT2D eigenvalue weighted by atomic mass is 9.84. The van der Waals surface area contributed by atoms with Gasteiger partial charge in [0.2, 0.25) is 0 Å². The highest BCUT2D eigenvalue weighted by Gasteiger charge is 2.39. The molecule has 0 aliphatic carbocycles. The molecule has 0 saturated carbocycles. The van der Waals surface area contributed by atoms with E-state index in [4.69, 9.17) is 9.72 Å². The highest BCUT2D eigenvalue weighted by molar-refractivity contribution is 9.10. The molecule has 0 saturated heterocycles. The summed E-state index contributed by atoms with van der Waals surface area (Å²) < 4.78 is 8.66. The van der Waals surface area contributed by atoms with E-state index in [9.17, 15) is 4.79 Å². The zero-order chi connectivity index (χ0) is 17.9. The fourth-order valence-corrected chi connectivity index (χ4v) is 3.80. The number of hydrogen-bond acceptors (Lipinski definition) is 3. The molecule has 0 bridgehead atoms. The number of rotatable bonds is 0. The maximum Gasteiger partial charge on any atom is 0.410 e. The molecule has 2 aromatic heterocycles. The van der Waals surface area contributed by atoms with E-state index in [1.807, 2.05) is 27.0 Å². The molecule has 2 aromatic rings. The molecule has 0 atom stereocenters. The van der Waals surface area contributed by atoms with Gasteiger partial charge in [0.25, 0.3) is 0 Å². The number of amides is 1. The fourth-order valence-electron chi connectivity index (χ4n) is 3.25. The van der Waals surface area contributed by atoms with Crippen molar-refractivity contribution in [3.63, 3.8) is 0 Å². The number of nitrogens with zero attached hydrogens (tertiary/aromatic N) is 3. The Morgan fingerprint density at radius 1 is 1.38 bits per heavy atom. The molecule has 1 amide bonds. The molecule has 24 heavy (non-hydrogen) atoms. The lowest BCUT2D eigenvalue weighted by Gasteiger charge is -2.37. The number of carbonyl (C=O) groups excluding carboxylic acids is 1. The molecular weight excluding hydrogens is 370 g/mol. The second-order valence-corrected chi connectivity index (χ2v) is 9.08. The lowest BCUT2D eigenvalue weighted by molar-refractivity contribution is 0.0168. The molecule has 1 aliphatic heterocycles. The van der Waals surface area contributed by atoms with E-state index in [-0.39, 0.29) is 11.5 Å². The largest absolute Gasteiger partial charge is 0.444 e. The van der Waals surface area contributed by atoms with Gasteiger partial charge in [0.1, 0.15) is 11.2 Å². The molecule has 0 spiro atoms. The van der Waals surface area contributed by atoms with Gasteiger partial charge in [-0.05, 0) is 55.3 Å². The Bertz CT molecular complexity index is 818. The number of hydrogen-bond donors (Lipinski definition) is 0. The molecule has 1 aliphatic rings. The van der Waals surface area contributed by atoms with Gasteiger partial charge in [-0.1, -0.05) is 13.8 Å². The van der Waals surface area contributed by atoms with E-state index in [0.29, 0.717) is 13.1 Å². The van der Waals surface area contributed by atoms with E-state index in [2.05, 4.69) is 47.2 Å². The SMILES string of the molecule is Cc1cc(Br)cn2c3c(nc12)C(C)(C)CN(C(=O)OC(C)(C)C)C3. The van der Waals surface area contributed by atoms with Crippen molar-refractivity contribution in [1.82, 2.24) is 14.3 Å². The van der Waals surface area contributed by atoms with Crippen molar-refractivity contribution in [1.29, 1.82) is 0 Å². The van der Waals surface area contributed by atoms with Gasteiger partial charge in [-0.3, -0.25) is 0 Å². The second kappa shape index (κ2) is 5.48. The molecule has 130 valence electrons. The van der Waals surface area contributed by atoms with E-state index in [1.165, 1.54) is 0 Å². The minimum atomic E-state index is -0.499. The number of aromatic nitrogens is 2. The molecule has 0 radical (unpaired) electrons. The van der Waals surface area contributed by atoms with Crippen molar-refractivity contribution in [2.45, 2.75) is 59.1 Å². The fraction of sp³-hybridized carbons (Fsp3) is 0.556. The number of imidazole rings is 1. The molecule has 0 fully saturated rings. The first-order valence-electron chi connectivity index (χ1n) is 8.13. The van der Waals surface area contributed by atoms with E-state index < -0.39 is 5.60 Å². The van der Waals surface area contributed by atoms with Crippen LogP contribution in [0.15, 0.2) is 16.7 Å². The van der Waals surface area contributed by atoms with Crippen LogP contribution in [0.1, 0.15) is 51.6 Å². The minimum Gasteiger partial charge on any atom is -0.444 e. The van der Waals surface area contributed by atoms with Crippen molar-refractivity contribution in [3.8, 4) is 0 Å². The molecular formula is C18H24BrN3O2. The zero-order valence-electron chi connectivity index (χ0n) is 15.1. The van der Waals surface area contributed by atoms with Crippen LogP contribution in [-0.2, 0) is 16.7 Å². The van der Waals surface area contributed by atoms with Crippen LogP contribution in [0.25, 0.3) is 5.65 Å². The summed E-state index contributed by atoms with van der Waals surface area (Å²) in [4.78, 5) is 19.2. The Labute approximate surface area is 151 Å². The molecule has 5 nitrogen and oxygen atoms in total. The molecule has 0 unspecified atom stereocenters. The van der Waals surface area contributed by atoms with Crippen LogP contribution >= 0.6 is 15.9 Å². The van der Waals surface area contributed by atoms with Gasteiger partial charge in [-0.25, -0.2) is 9.78 Å².